The van der Waals surface area contributed by atoms with Crippen LogP contribution in [0.15, 0.2) is 0 Å². The van der Waals surface area contributed by atoms with Crippen LogP contribution in [0.4, 0.5) is 0 Å². The highest BCUT2D eigenvalue weighted by Crippen LogP contribution is 2.09. The van der Waals surface area contributed by atoms with Crippen molar-refractivity contribution < 1.29 is 28.9 Å². The summed E-state index contributed by atoms with van der Waals surface area (Å²) in [4.78, 5) is 21.8. The highest BCUT2D eigenvalue weighted by Gasteiger charge is 2.09. The fourth-order valence-electron chi connectivity index (χ4n) is 1.93. The molecule has 0 aromatic heterocycles. The Morgan fingerprint density at radius 2 is 1.48 bits per heavy atom. The number of unbranched alkanes of at least 4 members (excludes halogenated alkanes) is 2. The number of hydrogen-bond acceptors (Lipinski definition) is 5. The summed E-state index contributed by atoms with van der Waals surface area (Å²) in [6.45, 7) is 5.91. The Hall–Kier alpha value is -1.14. The highest BCUT2D eigenvalue weighted by atomic mass is 16.7. The molecule has 0 fully saturated rings. The van der Waals surface area contributed by atoms with Crippen LogP contribution >= 0.6 is 0 Å². The monoisotopic (exact) mass is 332 g/mol. The molecule has 0 spiro atoms. The average Bonchev–Trinajstić information content (AvgIpc) is 2.52. The van der Waals surface area contributed by atoms with Crippen LogP contribution in [0, 0.1) is 0 Å². The summed E-state index contributed by atoms with van der Waals surface area (Å²) in [5.74, 6) is -1.08. The van der Waals surface area contributed by atoms with Crippen molar-refractivity contribution in [1.82, 2.24) is 0 Å². The molecule has 6 nitrogen and oxygen atoms in total. The van der Waals surface area contributed by atoms with Gasteiger partial charge in [-0.2, -0.15) is 0 Å². The van der Waals surface area contributed by atoms with Gasteiger partial charge in [0.2, 0.25) is 0 Å². The highest BCUT2D eigenvalue weighted by molar-refractivity contribution is 5.69. The molecule has 0 unspecified atom stereocenters. The summed E-state index contributed by atoms with van der Waals surface area (Å²) in [6.07, 6.45) is 5.68. The molecule has 0 amide bonds. The topological polar surface area (TPSA) is 82.1 Å². The van der Waals surface area contributed by atoms with E-state index in [1.165, 1.54) is 0 Å². The Bertz CT molecular complexity index is 297. The van der Waals surface area contributed by atoms with Crippen molar-refractivity contribution in [3.8, 4) is 0 Å². The molecule has 0 aliphatic heterocycles. The third-order valence-electron chi connectivity index (χ3n) is 3.13. The number of ether oxygens (including phenoxy) is 3. The number of carboxylic acids is 1. The number of aliphatic carboxylic acids is 1. The molecule has 0 aromatic rings. The minimum atomic E-state index is -0.830. The van der Waals surface area contributed by atoms with Gasteiger partial charge in [-0.1, -0.05) is 13.8 Å². The molecule has 0 atom stereocenters. The molecule has 0 rings (SSSR count). The molecule has 0 aliphatic rings. The molecule has 0 heterocycles. The SMILES string of the molecule is CCCOC(CCCCOC(=O)CCCCC(=O)O)OCCC. The maximum absolute atomic E-state index is 11.4. The number of carboxylic acid groups (broad SMARTS) is 1. The molecule has 0 saturated carbocycles. The van der Waals surface area contributed by atoms with E-state index in [4.69, 9.17) is 19.3 Å². The van der Waals surface area contributed by atoms with Crippen LogP contribution in [-0.2, 0) is 23.8 Å². The first-order valence-electron chi connectivity index (χ1n) is 8.70. The molecule has 23 heavy (non-hydrogen) atoms. The molecule has 0 radical (unpaired) electrons. The largest absolute Gasteiger partial charge is 0.481 e. The van der Waals surface area contributed by atoms with E-state index in [-0.39, 0.29) is 25.1 Å². The van der Waals surface area contributed by atoms with Gasteiger partial charge in [0.15, 0.2) is 6.29 Å². The van der Waals surface area contributed by atoms with Crippen LogP contribution in [-0.4, -0.2) is 43.2 Å². The lowest BCUT2D eigenvalue weighted by molar-refractivity contribution is -0.148. The van der Waals surface area contributed by atoms with Crippen LogP contribution in [0.1, 0.15) is 71.6 Å². The van der Waals surface area contributed by atoms with Gasteiger partial charge in [-0.25, -0.2) is 0 Å². The minimum absolute atomic E-state index is 0.101. The normalized spacial score (nSPS) is 10.9. The minimum Gasteiger partial charge on any atom is -0.481 e. The van der Waals surface area contributed by atoms with Crippen molar-refractivity contribution in [3.63, 3.8) is 0 Å². The quantitative estimate of drug-likeness (QED) is 0.264. The Labute approximate surface area is 139 Å². The molecule has 0 aliphatic carbocycles. The molecule has 0 saturated heterocycles. The third-order valence-corrected chi connectivity index (χ3v) is 3.13. The lowest BCUT2D eigenvalue weighted by Gasteiger charge is -2.18. The van der Waals surface area contributed by atoms with E-state index in [1.54, 1.807) is 0 Å². The van der Waals surface area contributed by atoms with Gasteiger partial charge in [0.05, 0.1) is 6.61 Å². The van der Waals surface area contributed by atoms with Crippen LogP contribution in [0.2, 0.25) is 0 Å². The van der Waals surface area contributed by atoms with Crippen LogP contribution < -0.4 is 0 Å². The number of rotatable bonds is 16. The van der Waals surface area contributed by atoms with Crippen molar-refractivity contribution in [2.75, 3.05) is 19.8 Å². The van der Waals surface area contributed by atoms with Crippen molar-refractivity contribution in [3.05, 3.63) is 0 Å². The molecular weight excluding hydrogens is 300 g/mol. The lowest BCUT2D eigenvalue weighted by atomic mass is 10.2. The second kappa shape index (κ2) is 15.7. The van der Waals surface area contributed by atoms with Crippen LogP contribution in [0.3, 0.4) is 0 Å². The summed E-state index contributed by atoms with van der Waals surface area (Å²) >= 11 is 0. The van der Waals surface area contributed by atoms with Gasteiger partial charge >= 0.3 is 11.9 Å². The third kappa shape index (κ3) is 15.5. The van der Waals surface area contributed by atoms with E-state index in [9.17, 15) is 9.59 Å². The first-order chi connectivity index (χ1) is 11.1. The van der Waals surface area contributed by atoms with Gasteiger partial charge < -0.3 is 19.3 Å². The van der Waals surface area contributed by atoms with Crippen molar-refractivity contribution in [2.45, 2.75) is 77.9 Å². The predicted octanol–water partition coefficient (Wildman–Crippen LogP) is 3.52. The van der Waals surface area contributed by atoms with Gasteiger partial charge in [-0.05, 0) is 44.9 Å². The Balaban J connectivity index is 3.59. The number of carbonyl (C=O) groups excluding carboxylic acids is 1. The second-order valence-electron chi connectivity index (χ2n) is 5.49. The van der Waals surface area contributed by atoms with Crippen molar-refractivity contribution in [1.29, 1.82) is 0 Å². The maximum atomic E-state index is 11.4. The Kier molecular flexibility index (Phi) is 15.0. The Morgan fingerprint density at radius 1 is 0.870 bits per heavy atom. The summed E-state index contributed by atoms with van der Waals surface area (Å²) in [7, 11) is 0. The summed E-state index contributed by atoms with van der Waals surface area (Å²) in [6, 6.07) is 0. The van der Waals surface area contributed by atoms with Gasteiger partial charge in [0, 0.05) is 26.1 Å². The van der Waals surface area contributed by atoms with E-state index in [0.29, 0.717) is 32.7 Å². The van der Waals surface area contributed by atoms with E-state index in [2.05, 4.69) is 13.8 Å². The fourth-order valence-corrected chi connectivity index (χ4v) is 1.93. The number of hydrogen-bond donors (Lipinski definition) is 1. The smallest absolute Gasteiger partial charge is 0.305 e. The maximum Gasteiger partial charge on any atom is 0.305 e. The van der Waals surface area contributed by atoms with Crippen LogP contribution in [0.25, 0.3) is 0 Å². The standard InChI is InChI=1S/C17H32O6/c1-3-12-22-17(23-13-4-2)11-7-8-14-21-16(20)10-6-5-9-15(18)19/h17H,3-14H2,1-2H3,(H,18,19). The summed E-state index contributed by atoms with van der Waals surface area (Å²) < 4.78 is 16.4. The van der Waals surface area contributed by atoms with Gasteiger partial charge in [0.1, 0.15) is 0 Å². The first-order valence-corrected chi connectivity index (χ1v) is 8.70. The van der Waals surface area contributed by atoms with Crippen molar-refractivity contribution >= 4 is 11.9 Å². The Morgan fingerprint density at radius 3 is 2.04 bits per heavy atom. The number of esters is 1. The van der Waals surface area contributed by atoms with Gasteiger partial charge in [-0.15, -0.1) is 0 Å². The van der Waals surface area contributed by atoms with Crippen LogP contribution in [0.5, 0.6) is 0 Å². The summed E-state index contributed by atoms with van der Waals surface area (Å²) in [5.41, 5.74) is 0. The first kappa shape index (κ1) is 21.9. The van der Waals surface area contributed by atoms with E-state index >= 15 is 0 Å². The van der Waals surface area contributed by atoms with E-state index in [0.717, 1.165) is 32.1 Å². The van der Waals surface area contributed by atoms with Crippen molar-refractivity contribution in [2.24, 2.45) is 0 Å². The molecule has 1 N–H and O–H groups in total. The van der Waals surface area contributed by atoms with Gasteiger partial charge in [-0.3, -0.25) is 9.59 Å². The van der Waals surface area contributed by atoms with E-state index < -0.39 is 5.97 Å². The molecule has 0 aromatic carbocycles. The fraction of sp³-hybridized carbons (Fsp3) is 0.882. The molecular formula is C17H32O6. The second-order valence-corrected chi connectivity index (χ2v) is 5.49. The zero-order valence-corrected chi connectivity index (χ0v) is 14.6. The molecule has 136 valence electrons. The number of carbonyl (C=O) groups is 2. The average molecular weight is 332 g/mol. The summed E-state index contributed by atoms with van der Waals surface area (Å²) in [5, 5.41) is 8.50. The zero-order chi connectivity index (χ0) is 17.3. The van der Waals surface area contributed by atoms with E-state index in [1.807, 2.05) is 0 Å². The predicted molar refractivity (Wildman–Crippen MR) is 87.2 cm³/mol. The molecule has 6 heteroatoms. The lowest BCUT2D eigenvalue weighted by Crippen LogP contribution is -2.18. The van der Waals surface area contributed by atoms with Gasteiger partial charge in [0.25, 0.3) is 0 Å². The zero-order valence-electron chi connectivity index (χ0n) is 14.6. The molecule has 0 bridgehead atoms.